The molecule has 0 aliphatic rings. The topological polar surface area (TPSA) is 26.0 Å². The lowest BCUT2D eigenvalue weighted by atomic mass is 9.98. The molecule has 3 heteroatoms. The van der Waals surface area contributed by atoms with Crippen LogP contribution in [-0.2, 0) is 0 Å². The molecule has 1 unspecified atom stereocenters. The first-order valence-electron chi connectivity index (χ1n) is 4.22. The first-order valence-corrected chi connectivity index (χ1v) is 4.60. The molecule has 0 aliphatic carbocycles. The van der Waals surface area contributed by atoms with E-state index in [1.807, 2.05) is 6.92 Å². The van der Waals surface area contributed by atoms with Gasteiger partial charge in [-0.1, -0.05) is 24.6 Å². The maximum Gasteiger partial charge on any atom is 0.131 e. The van der Waals surface area contributed by atoms with Crippen LogP contribution < -0.4 is 5.73 Å². The number of aryl methyl sites for hydroxylation is 1. The molecule has 2 N–H and O–H groups in total. The summed E-state index contributed by atoms with van der Waals surface area (Å²) < 4.78 is 13.6. The van der Waals surface area contributed by atoms with E-state index in [1.165, 1.54) is 0 Å². The average molecular weight is 202 g/mol. The predicted octanol–water partition coefficient (Wildman–Crippen LogP) is 2.85. The zero-order valence-corrected chi connectivity index (χ0v) is 8.53. The minimum atomic E-state index is -0.231. The van der Waals surface area contributed by atoms with Crippen molar-refractivity contribution < 1.29 is 4.39 Å². The molecule has 1 aromatic rings. The molecule has 0 heterocycles. The lowest BCUT2D eigenvalue weighted by Crippen LogP contribution is -2.11. The van der Waals surface area contributed by atoms with Gasteiger partial charge in [0, 0.05) is 10.6 Å². The molecule has 1 aromatic carbocycles. The van der Waals surface area contributed by atoms with E-state index in [9.17, 15) is 4.39 Å². The van der Waals surface area contributed by atoms with Crippen molar-refractivity contribution in [2.24, 2.45) is 5.73 Å². The molecule has 0 radical (unpaired) electrons. The molecular formula is C10H13ClFN. The minimum absolute atomic E-state index is 0.0348. The molecule has 13 heavy (non-hydrogen) atoms. The third kappa shape index (κ3) is 2.01. The Balaban J connectivity index is 3.25. The molecule has 0 spiro atoms. The fourth-order valence-electron chi connectivity index (χ4n) is 1.25. The molecule has 0 fully saturated rings. The Hall–Kier alpha value is -0.600. The molecule has 0 aromatic heterocycles. The Morgan fingerprint density at radius 2 is 2.15 bits per heavy atom. The maximum atomic E-state index is 13.6. The van der Waals surface area contributed by atoms with E-state index >= 15 is 0 Å². The number of hydrogen-bond acceptors (Lipinski definition) is 1. The van der Waals surface area contributed by atoms with Crippen LogP contribution >= 0.6 is 11.6 Å². The van der Waals surface area contributed by atoms with Crippen molar-refractivity contribution in [3.63, 3.8) is 0 Å². The Bertz CT molecular complexity index is 312. The minimum Gasteiger partial charge on any atom is -0.330 e. The number of benzene rings is 1. The van der Waals surface area contributed by atoms with Crippen molar-refractivity contribution in [1.29, 1.82) is 0 Å². The molecule has 0 aliphatic heterocycles. The highest BCUT2D eigenvalue weighted by atomic mass is 35.5. The lowest BCUT2D eigenvalue weighted by Gasteiger charge is -2.13. The summed E-state index contributed by atoms with van der Waals surface area (Å²) in [5, 5.41) is 0.459. The van der Waals surface area contributed by atoms with E-state index in [4.69, 9.17) is 17.3 Å². The molecule has 1 nitrogen and oxygen atoms in total. The summed E-state index contributed by atoms with van der Waals surface area (Å²) in [5.74, 6) is -0.266. The fourth-order valence-corrected chi connectivity index (χ4v) is 1.58. The summed E-state index contributed by atoms with van der Waals surface area (Å²) in [6, 6.07) is 3.38. The highest BCUT2D eigenvalue weighted by Gasteiger charge is 2.14. The summed E-state index contributed by atoms with van der Waals surface area (Å²) in [6.07, 6.45) is 0. The second kappa shape index (κ2) is 4.07. The molecule has 1 rings (SSSR count). The predicted molar refractivity (Wildman–Crippen MR) is 53.6 cm³/mol. The van der Waals surface area contributed by atoms with E-state index in [1.54, 1.807) is 19.1 Å². The van der Waals surface area contributed by atoms with Crippen LogP contribution in [0.25, 0.3) is 0 Å². The third-order valence-corrected chi connectivity index (χ3v) is 2.50. The van der Waals surface area contributed by atoms with Crippen molar-refractivity contribution >= 4 is 11.6 Å². The van der Waals surface area contributed by atoms with Gasteiger partial charge in [0.05, 0.1) is 0 Å². The van der Waals surface area contributed by atoms with Gasteiger partial charge < -0.3 is 5.73 Å². The highest BCUT2D eigenvalue weighted by molar-refractivity contribution is 6.31. The van der Waals surface area contributed by atoms with Crippen LogP contribution in [0.2, 0.25) is 5.02 Å². The number of rotatable bonds is 2. The van der Waals surface area contributed by atoms with Crippen LogP contribution in [0.1, 0.15) is 24.0 Å². The summed E-state index contributed by atoms with van der Waals surface area (Å²) in [4.78, 5) is 0. The van der Waals surface area contributed by atoms with E-state index < -0.39 is 0 Å². The quantitative estimate of drug-likeness (QED) is 0.783. The standard InChI is InChI=1S/C10H13ClFN/c1-6-3-4-8(11)9(10(6)12)7(2)5-13/h3-4,7H,5,13H2,1-2H3. The molecule has 72 valence electrons. The van der Waals surface area contributed by atoms with E-state index in [0.717, 1.165) is 0 Å². The van der Waals surface area contributed by atoms with Crippen molar-refractivity contribution in [2.75, 3.05) is 6.54 Å². The van der Waals surface area contributed by atoms with Crippen molar-refractivity contribution in [1.82, 2.24) is 0 Å². The summed E-state index contributed by atoms with van der Waals surface area (Å²) in [7, 11) is 0. The van der Waals surface area contributed by atoms with Gasteiger partial charge >= 0.3 is 0 Å². The summed E-state index contributed by atoms with van der Waals surface area (Å²) >= 11 is 5.88. The molecule has 1 atom stereocenters. The second-order valence-electron chi connectivity index (χ2n) is 3.23. The first kappa shape index (κ1) is 10.5. The van der Waals surface area contributed by atoms with E-state index in [0.29, 0.717) is 22.7 Å². The van der Waals surface area contributed by atoms with E-state index in [2.05, 4.69) is 0 Å². The SMILES string of the molecule is Cc1ccc(Cl)c(C(C)CN)c1F. The monoisotopic (exact) mass is 201 g/mol. The van der Waals surface area contributed by atoms with Gasteiger partial charge in [-0.05, 0) is 31.0 Å². The van der Waals surface area contributed by atoms with Gasteiger partial charge in [-0.2, -0.15) is 0 Å². The molecule has 0 saturated carbocycles. The van der Waals surface area contributed by atoms with Gasteiger partial charge in [-0.25, -0.2) is 4.39 Å². The summed E-state index contributed by atoms with van der Waals surface area (Å²) in [6.45, 7) is 3.99. The van der Waals surface area contributed by atoms with Gasteiger partial charge in [-0.3, -0.25) is 0 Å². The molecular weight excluding hydrogens is 189 g/mol. The highest BCUT2D eigenvalue weighted by Crippen LogP contribution is 2.28. The zero-order valence-electron chi connectivity index (χ0n) is 7.77. The zero-order chi connectivity index (χ0) is 10.0. The second-order valence-corrected chi connectivity index (χ2v) is 3.64. The largest absolute Gasteiger partial charge is 0.330 e. The third-order valence-electron chi connectivity index (χ3n) is 2.17. The number of halogens is 2. The van der Waals surface area contributed by atoms with Gasteiger partial charge in [-0.15, -0.1) is 0 Å². The van der Waals surface area contributed by atoms with Crippen molar-refractivity contribution in [2.45, 2.75) is 19.8 Å². The van der Waals surface area contributed by atoms with Gasteiger partial charge in [0.15, 0.2) is 0 Å². The van der Waals surface area contributed by atoms with Crippen LogP contribution in [0, 0.1) is 12.7 Å². The van der Waals surface area contributed by atoms with Gasteiger partial charge in [0.1, 0.15) is 5.82 Å². The van der Waals surface area contributed by atoms with Crippen LogP contribution in [0.15, 0.2) is 12.1 Å². The smallest absolute Gasteiger partial charge is 0.131 e. The fraction of sp³-hybridized carbons (Fsp3) is 0.400. The van der Waals surface area contributed by atoms with Crippen LogP contribution in [-0.4, -0.2) is 6.54 Å². The molecule has 0 bridgehead atoms. The molecule has 0 amide bonds. The Kier molecular flexibility index (Phi) is 3.28. The van der Waals surface area contributed by atoms with Gasteiger partial charge in [0.25, 0.3) is 0 Å². The Morgan fingerprint density at radius 1 is 1.54 bits per heavy atom. The normalized spacial score (nSPS) is 13.0. The lowest BCUT2D eigenvalue weighted by molar-refractivity contribution is 0.583. The van der Waals surface area contributed by atoms with Gasteiger partial charge in [0.2, 0.25) is 0 Å². The van der Waals surface area contributed by atoms with Crippen LogP contribution in [0.4, 0.5) is 4.39 Å². The van der Waals surface area contributed by atoms with Crippen LogP contribution in [0.5, 0.6) is 0 Å². The first-order chi connectivity index (χ1) is 6.07. The number of hydrogen-bond donors (Lipinski definition) is 1. The Morgan fingerprint density at radius 3 is 2.69 bits per heavy atom. The maximum absolute atomic E-state index is 13.6. The number of nitrogens with two attached hydrogens (primary N) is 1. The Labute approximate surface area is 82.7 Å². The van der Waals surface area contributed by atoms with Crippen LogP contribution in [0.3, 0.4) is 0 Å². The molecule has 0 saturated heterocycles. The van der Waals surface area contributed by atoms with Crippen molar-refractivity contribution in [3.8, 4) is 0 Å². The van der Waals surface area contributed by atoms with Crippen molar-refractivity contribution in [3.05, 3.63) is 34.1 Å². The average Bonchev–Trinajstić information content (AvgIpc) is 2.12. The van der Waals surface area contributed by atoms with E-state index in [-0.39, 0.29) is 11.7 Å². The summed E-state index contributed by atoms with van der Waals surface area (Å²) in [5.41, 5.74) is 6.61.